The SMILES string of the molecule is c1ccc(B2N=C(CCN3CCCCC3)NO2)cc1. The quantitative estimate of drug-likeness (QED) is 0.823. The number of benzene rings is 1. The lowest BCUT2D eigenvalue weighted by atomic mass is 9.75. The summed E-state index contributed by atoms with van der Waals surface area (Å²) in [6, 6.07) is 10.1. The summed E-state index contributed by atoms with van der Waals surface area (Å²) in [6.07, 6.45) is 5.00. The summed E-state index contributed by atoms with van der Waals surface area (Å²) in [4.78, 5) is 7.12. The topological polar surface area (TPSA) is 36.9 Å². The van der Waals surface area contributed by atoms with Crippen molar-refractivity contribution in [3.8, 4) is 0 Å². The Kier molecular flexibility index (Phi) is 4.15. The molecule has 2 heterocycles. The van der Waals surface area contributed by atoms with Crippen molar-refractivity contribution >= 4 is 18.3 Å². The van der Waals surface area contributed by atoms with E-state index >= 15 is 0 Å². The van der Waals surface area contributed by atoms with Gasteiger partial charge < -0.3 is 9.65 Å². The third kappa shape index (κ3) is 3.36. The highest BCUT2D eigenvalue weighted by molar-refractivity contribution is 6.67. The van der Waals surface area contributed by atoms with Crippen LogP contribution in [0.5, 0.6) is 0 Å². The van der Waals surface area contributed by atoms with Gasteiger partial charge in [-0.3, -0.25) is 10.4 Å². The summed E-state index contributed by atoms with van der Waals surface area (Å²) < 4.78 is 5.52. The second kappa shape index (κ2) is 6.22. The van der Waals surface area contributed by atoms with E-state index in [2.05, 4.69) is 15.3 Å². The molecule has 2 aliphatic heterocycles. The summed E-state index contributed by atoms with van der Waals surface area (Å²) in [5.74, 6) is 0.972. The van der Waals surface area contributed by atoms with E-state index in [1.54, 1.807) is 0 Å². The molecule has 19 heavy (non-hydrogen) atoms. The highest BCUT2D eigenvalue weighted by atomic mass is 16.6. The van der Waals surface area contributed by atoms with Crippen LogP contribution in [0.3, 0.4) is 0 Å². The molecule has 0 aliphatic carbocycles. The van der Waals surface area contributed by atoms with Gasteiger partial charge in [-0.05, 0) is 31.4 Å². The van der Waals surface area contributed by atoms with Gasteiger partial charge >= 0.3 is 7.05 Å². The van der Waals surface area contributed by atoms with Crippen LogP contribution < -0.4 is 10.9 Å². The normalized spacial score (nSPS) is 20.2. The molecule has 5 heteroatoms. The monoisotopic (exact) mass is 257 g/mol. The highest BCUT2D eigenvalue weighted by Crippen LogP contribution is 2.09. The zero-order valence-electron chi connectivity index (χ0n) is 11.2. The standard InChI is InChI=1S/C14H20BN3O/c1-3-7-13(8-4-1)15-16-14(17-19-15)9-12-18-10-5-2-6-11-18/h1,3-4,7-8H,2,5-6,9-12H2,(H,16,17). The molecule has 0 aromatic heterocycles. The van der Waals surface area contributed by atoms with E-state index in [0.717, 1.165) is 24.3 Å². The minimum atomic E-state index is -0.183. The van der Waals surface area contributed by atoms with E-state index in [0.29, 0.717) is 0 Å². The van der Waals surface area contributed by atoms with Gasteiger partial charge in [0.15, 0.2) is 0 Å². The summed E-state index contributed by atoms with van der Waals surface area (Å²) in [7, 11) is -0.183. The second-order valence-corrected chi connectivity index (χ2v) is 5.21. The maximum absolute atomic E-state index is 5.52. The van der Waals surface area contributed by atoms with Crippen molar-refractivity contribution in [2.24, 2.45) is 4.90 Å². The average molecular weight is 257 g/mol. The fourth-order valence-electron chi connectivity index (χ4n) is 2.64. The smallest absolute Gasteiger partial charge is 0.303 e. The predicted molar refractivity (Wildman–Crippen MR) is 78.4 cm³/mol. The summed E-state index contributed by atoms with van der Waals surface area (Å²) >= 11 is 0. The molecule has 0 unspecified atom stereocenters. The molecule has 3 rings (SSSR count). The van der Waals surface area contributed by atoms with Crippen molar-refractivity contribution < 1.29 is 4.76 Å². The first-order valence-electron chi connectivity index (χ1n) is 7.17. The first-order chi connectivity index (χ1) is 9.42. The Morgan fingerprint density at radius 1 is 1.16 bits per heavy atom. The Labute approximate surface area is 114 Å². The minimum Gasteiger partial charge on any atom is -0.303 e. The number of nitrogens with one attached hydrogen (secondary N) is 1. The van der Waals surface area contributed by atoms with Crippen LogP contribution in [0.2, 0.25) is 0 Å². The van der Waals surface area contributed by atoms with Gasteiger partial charge in [0.25, 0.3) is 0 Å². The lowest BCUT2D eigenvalue weighted by Crippen LogP contribution is -2.33. The molecule has 1 aromatic carbocycles. The Balaban J connectivity index is 1.52. The number of rotatable bonds is 4. The Hall–Kier alpha value is -1.33. The molecule has 0 amide bonds. The summed E-state index contributed by atoms with van der Waals surface area (Å²) in [5.41, 5.74) is 4.07. The number of hydrogen-bond donors (Lipinski definition) is 1. The zero-order valence-corrected chi connectivity index (χ0v) is 11.2. The zero-order chi connectivity index (χ0) is 12.9. The average Bonchev–Trinajstić information content (AvgIpc) is 2.96. The highest BCUT2D eigenvalue weighted by Gasteiger charge is 2.26. The summed E-state index contributed by atoms with van der Waals surface area (Å²) in [5, 5.41) is 0. The molecule has 0 spiro atoms. The molecular formula is C14H20BN3O. The van der Waals surface area contributed by atoms with Gasteiger partial charge in [0.2, 0.25) is 0 Å². The van der Waals surface area contributed by atoms with Crippen LogP contribution in [0.15, 0.2) is 35.2 Å². The molecule has 1 N–H and O–H groups in total. The molecule has 100 valence electrons. The molecule has 0 saturated carbocycles. The Morgan fingerprint density at radius 3 is 2.74 bits per heavy atom. The van der Waals surface area contributed by atoms with Gasteiger partial charge in [0.1, 0.15) is 5.84 Å². The minimum absolute atomic E-state index is 0.183. The van der Waals surface area contributed by atoms with Crippen molar-refractivity contribution in [3.63, 3.8) is 0 Å². The van der Waals surface area contributed by atoms with E-state index in [4.69, 9.17) is 4.76 Å². The predicted octanol–water partition coefficient (Wildman–Crippen LogP) is 1.19. The van der Waals surface area contributed by atoms with Gasteiger partial charge in [-0.15, -0.1) is 0 Å². The van der Waals surface area contributed by atoms with Crippen molar-refractivity contribution in [2.75, 3.05) is 19.6 Å². The lowest BCUT2D eigenvalue weighted by Gasteiger charge is -2.26. The van der Waals surface area contributed by atoms with Gasteiger partial charge in [0, 0.05) is 13.0 Å². The third-order valence-corrected chi connectivity index (χ3v) is 3.76. The maximum atomic E-state index is 5.52. The van der Waals surface area contributed by atoms with E-state index in [-0.39, 0.29) is 7.05 Å². The van der Waals surface area contributed by atoms with E-state index in [9.17, 15) is 0 Å². The van der Waals surface area contributed by atoms with Gasteiger partial charge in [-0.1, -0.05) is 36.8 Å². The van der Waals surface area contributed by atoms with Crippen LogP contribution in [0.1, 0.15) is 25.7 Å². The number of piperidine rings is 1. The first kappa shape index (κ1) is 12.7. The molecular weight excluding hydrogens is 237 g/mol. The molecule has 1 saturated heterocycles. The fourth-order valence-corrected chi connectivity index (χ4v) is 2.64. The molecule has 0 radical (unpaired) electrons. The molecule has 1 aromatic rings. The van der Waals surface area contributed by atoms with Crippen LogP contribution in [0.4, 0.5) is 0 Å². The molecule has 1 fully saturated rings. The largest absolute Gasteiger partial charge is 0.496 e. The van der Waals surface area contributed by atoms with Crippen LogP contribution in [0.25, 0.3) is 0 Å². The Bertz CT molecular complexity index is 432. The molecule has 2 aliphatic rings. The van der Waals surface area contributed by atoms with Gasteiger partial charge in [-0.2, -0.15) is 0 Å². The van der Waals surface area contributed by atoms with Crippen molar-refractivity contribution in [3.05, 3.63) is 30.3 Å². The van der Waals surface area contributed by atoms with Crippen LogP contribution in [-0.2, 0) is 4.76 Å². The van der Waals surface area contributed by atoms with Gasteiger partial charge in [-0.25, -0.2) is 0 Å². The van der Waals surface area contributed by atoms with Crippen molar-refractivity contribution in [1.29, 1.82) is 0 Å². The second-order valence-electron chi connectivity index (χ2n) is 5.21. The fraction of sp³-hybridized carbons (Fsp3) is 0.500. The first-order valence-corrected chi connectivity index (χ1v) is 7.17. The molecule has 0 bridgehead atoms. The number of nitrogens with zero attached hydrogens (tertiary/aromatic N) is 2. The number of likely N-dealkylation sites (tertiary alicyclic amines) is 1. The third-order valence-electron chi connectivity index (χ3n) is 3.76. The Morgan fingerprint density at radius 2 is 1.95 bits per heavy atom. The number of amidine groups is 1. The van der Waals surface area contributed by atoms with E-state index in [1.807, 2.05) is 30.3 Å². The van der Waals surface area contributed by atoms with Crippen molar-refractivity contribution in [1.82, 2.24) is 10.4 Å². The molecule has 0 atom stereocenters. The summed E-state index contributed by atoms with van der Waals surface area (Å²) in [6.45, 7) is 3.54. The van der Waals surface area contributed by atoms with Crippen LogP contribution in [-0.4, -0.2) is 37.4 Å². The van der Waals surface area contributed by atoms with Crippen LogP contribution >= 0.6 is 0 Å². The number of hydroxylamine groups is 1. The number of hydrogen-bond acceptors (Lipinski definition) is 4. The van der Waals surface area contributed by atoms with Crippen LogP contribution in [0, 0.1) is 0 Å². The van der Waals surface area contributed by atoms with Gasteiger partial charge in [0.05, 0.1) is 0 Å². The van der Waals surface area contributed by atoms with E-state index in [1.165, 1.54) is 32.4 Å². The maximum Gasteiger partial charge on any atom is 0.496 e. The van der Waals surface area contributed by atoms with E-state index < -0.39 is 0 Å². The molecule has 4 nitrogen and oxygen atoms in total. The lowest BCUT2D eigenvalue weighted by molar-refractivity contribution is 0.230. The van der Waals surface area contributed by atoms with Crippen molar-refractivity contribution in [2.45, 2.75) is 25.7 Å².